The molecule has 0 unspecified atom stereocenters. The molecule has 0 atom stereocenters. The van der Waals surface area contributed by atoms with Gasteiger partial charge < -0.3 is 20.5 Å². The van der Waals surface area contributed by atoms with Crippen LogP contribution in [0.25, 0.3) is 0 Å². The smallest absolute Gasteiger partial charge is 0.188 e. The molecule has 25 heavy (non-hydrogen) atoms. The van der Waals surface area contributed by atoms with Crippen LogP contribution in [0.5, 0.6) is 11.5 Å². The summed E-state index contributed by atoms with van der Waals surface area (Å²) in [6.45, 7) is 1.30. The number of guanidine groups is 1. The second kappa shape index (κ2) is 10.5. The molecule has 0 fully saturated rings. The molecule has 134 valence electrons. The van der Waals surface area contributed by atoms with E-state index in [1.807, 2.05) is 36.0 Å². The van der Waals surface area contributed by atoms with E-state index in [0.717, 1.165) is 24.3 Å². The van der Waals surface area contributed by atoms with Crippen LogP contribution in [0.3, 0.4) is 0 Å². The monoisotopic (exact) mass is 359 g/mol. The van der Waals surface area contributed by atoms with E-state index in [4.69, 9.17) is 15.2 Å². The van der Waals surface area contributed by atoms with Crippen molar-refractivity contribution in [3.63, 3.8) is 0 Å². The molecule has 0 heterocycles. The zero-order chi connectivity index (χ0) is 17.9. The number of nitrogens with one attached hydrogen (secondary N) is 1. The maximum atomic E-state index is 5.92. The molecule has 0 saturated carbocycles. The summed E-state index contributed by atoms with van der Waals surface area (Å²) in [5.41, 5.74) is 6.93. The minimum Gasteiger partial charge on any atom is -0.493 e. The van der Waals surface area contributed by atoms with Crippen molar-refractivity contribution in [2.24, 2.45) is 10.7 Å². The highest BCUT2D eigenvalue weighted by molar-refractivity contribution is 7.99. The first kappa shape index (κ1) is 19.0. The second-order valence-corrected chi connectivity index (χ2v) is 6.50. The molecule has 0 spiro atoms. The van der Waals surface area contributed by atoms with Crippen LogP contribution < -0.4 is 20.5 Å². The first-order valence-corrected chi connectivity index (χ1v) is 9.14. The fraction of sp³-hybridized carbons (Fsp3) is 0.316. The van der Waals surface area contributed by atoms with E-state index in [0.29, 0.717) is 24.0 Å². The van der Waals surface area contributed by atoms with Crippen LogP contribution in [0.1, 0.15) is 12.0 Å². The zero-order valence-electron chi connectivity index (χ0n) is 14.7. The third-order valence-corrected chi connectivity index (χ3v) is 4.62. The predicted molar refractivity (Wildman–Crippen MR) is 105 cm³/mol. The van der Waals surface area contributed by atoms with Crippen molar-refractivity contribution < 1.29 is 9.47 Å². The molecule has 0 bridgehead atoms. The second-order valence-electron chi connectivity index (χ2n) is 5.33. The largest absolute Gasteiger partial charge is 0.493 e. The van der Waals surface area contributed by atoms with Gasteiger partial charge in [0, 0.05) is 11.4 Å². The number of methoxy groups -OCH3 is 2. The fourth-order valence-corrected chi connectivity index (χ4v) is 3.08. The molecule has 3 N–H and O–H groups in total. The summed E-state index contributed by atoms with van der Waals surface area (Å²) in [5, 5.41) is 3.15. The summed E-state index contributed by atoms with van der Waals surface area (Å²) in [5.74, 6) is 2.90. The Kier molecular flexibility index (Phi) is 7.98. The first-order chi connectivity index (χ1) is 12.2. The maximum Gasteiger partial charge on any atom is 0.188 e. The Hall–Kier alpha value is -2.34. The summed E-state index contributed by atoms with van der Waals surface area (Å²) >= 11 is 1.84. The Morgan fingerprint density at radius 3 is 2.56 bits per heavy atom. The van der Waals surface area contributed by atoms with Crippen LogP contribution >= 0.6 is 11.8 Å². The van der Waals surface area contributed by atoms with Crippen LogP contribution in [0.15, 0.2) is 58.4 Å². The zero-order valence-corrected chi connectivity index (χ0v) is 15.5. The third kappa shape index (κ3) is 6.58. The normalized spacial score (nSPS) is 11.2. The molecular weight excluding hydrogens is 334 g/mol. The van der Waals surface area contributed by atoms with Gasteiger partial charge in [-0.1, -0.05) is 24.3 Å². The molecule has 0 aliphatic heterocycles. The topological polar surface area (TPSA) is 68.9 Å². The van der Waals surface area contributed by atoms with E-state index in [1.165, 1.54) is 4.90 Å². The SMILES string of the molecule is COc1ccc(CN=C(N)NCCCSc2ccccc2)cc1OC. The number of nitrogens with zero attached hydrogens (tertiary/aromatic N) is 1. The van der Waals surface area contributed by atoms with Crippen LogP contribution in [-0.2, 0) is 6.54 Å². The van der Waals surface area contributed by atoms with Gasteiger partial charge in [0.25, 0.3) is 0 Å². The van der Waals surface area contributed by atoms with Crippen molar-refractivity contribution in [2.75, 3.05) is 26.5 Å². The highest BCUT2D eigenvalue weighted by atomic mass is 32.2. The lowest BCUT2D eigenvalue weighted by molar-refractivity contribution is 0.354. The predicted octanol–water partition coefficient (Wildman–Crippen LogP) is 3.29. The summed E-state index contributed by atoms with van der Waals surface area (Å²) < 4.78 is 10.5. The molecule has 0 aromatic heterocycles. The molecule has 0 aliphatic carbocycles. The van der Waals surface area contributed by atoms with Crippen molar-refractivity contribution in [3.05, 3.63) is 54.1 Å². The van der Waals surface area contributed by atoms with E-state index in [9.17, 15) is 0 Å². The van der Waals surface area contributed by atoms with Crippen LogP contribution in [-0.4, -0.2) is 32.5 Å². The van der Waals surface area contributed by atoms with Gasteiger partial charge in [0.1, 0.15) is 0 Å². The van der Waals surface area contributed by atoms with Crippen molar-refractivity contribution in [1.29, 1.82) is 0 Å². The molecule has 0 radical (unpaired) electrons. The highest BCUT2D eigenvalue weighted by Gasteiger charge is 2.04. The van der Waals surface area contributed by atoms with Gasteiger partial charge in [0.2, 0.25) is 0 Å². The van der Waals surface area contributed by atoms with Crippen molar-refractivity contribution in [2.45, 2.75) is 17.9 Å². The third-order valence-electron chi connectivity index (χ3n) is 3.52. The number of nitrogens with two attached hydrogens (primary N) is 1. The summed E-state index contributed by atoms with van der Waals surface area (Å²) in [4.78, 5) is 5.65. The molecule has 0 saturated heterocycles. The number of hydrogen-bond acceptors (Lipinski definition) is 4. The Labute approximate surface area is 153 Å². The maximum absolute atomic E-state index is 5.92. The van der Waals surface area contributed by atoms with Gasteiger partial charge in [-0.25, -0.2) is 4.99 Å². The van der Waals surface area contributed by atoms with Gasteiger partial charge in [0.05, 0.1) is 20.8 Å². The van der Waals surface area contributed by atoms with Crippen LogP contribution in [0.4, 0.5) is 0 Å². The minimum absolute atomic E-state index is 0.458. The van der Waals surface area contributed by atoms with E-state index in [-0.39, 0.29) is 0 Å². The Bertz CT molecular complexity index is 678. The fourth-order valence-electron chi connectivity index (χ4n) is 2.21. The Morgan fingerprint density at radius 1 is 1.08 bits per heavy atom. The molecule has 2 aromatic carbocycles. The summed E-state index contributed by atoms with van der Waals surface area (Å²) in [6, 6.07) is 16.1. The van der Waals surface area contributed by atoms with Gasteiger partial charge >= 0.3 is 0 Å². The number of aliphatic imine (C=N–C) groups is 1. The average Bonchev–Trinajstić information content (AvgIpc) is 2.66. The molecule has 0 aliphatic rings. The van der Waals surface area contributed by atoms with Crippen LogP contribution in [0.2, 0.25) is 0 Å². The molecular formula is C19H25N3O2S. The standard InChI is InChI=1S/C19H25N3O2S/c1-23-17-10-9-15(13-18(17)24-2)14-22-19(20)21-11-6-12-25-16-7-4-3-5-8-16/h3-5,7-10,13H,6,11-12,14H2,1-2H3,(H3,20,21,22). The Morgan fingerprint density at radius 2 is 1.84 bits per heavy atom. The summed E-state index contributed by atoms with van der Waals surface area (Å²) in [7, 11) is 3.24. The van der Waals surface area contributed by atoms with E-state index >= 15 is 0 Å². The van der Waals surface area contributed by atoms with Gasteiger partial charge in [0.15, 0.2) is 17.5 Å². The van der Waals surface area contributed by atoms with Gasteiger partial charge in [-0.3, -0.25) is 0 Å². The number of thioether (sulfide) groups is 1. The lowest BCUT2D eigenvalue weighted by atomic mass is 10.2. The van der Waals surface area contributed by atoms with E-state index in [1.54, 1.807) is 14.2 Å². The van der Waals surface area contributed by atoms with Gasteiger partial charge in [-0.15, -0.1) is 11.8 Å². The lowest BCUT2D eigenvalue weighted by Crippen LogP contribution is -2.32. The quantitative estimate of drug-likeness (QED) is 0.311. The lowest BCUT2D eigenvalue weighted by Gasteiger charge is -2.09. The highest BCUT2D eigenvalue weighted by Crippen LogP contribution is 2.27. The minimum atomic E-state index is 0.458. The Balaban J connectivity index is 1.71. The number of benzene rings is 2. The number of hydrogen-bond donors (Lipinski definition) is 2. The molecule has 6 heteroatoms. The van der Waals surface area contributed by atoms with E-state index in [2.05, 4.69) is 34.6 Å². The number of ether oxygens (including phenoxy) is 2. The van der Waals surface area contributed by atoms with E-state index < -0.39 is 0 Å². The molecule has 5 nitrogen and oxygen atoms in total. The van der Waals surface area contributed by atoms with Crippen molar-refractivity contribution >= 4 is 17.7 Å². The van der Waals surface area contributed by atoms with Crippen molar-refractivity contribution in [3.8, 4) is 11.5 Å². The van der Waals surface area contributed by atoms with Crippen molar-refractivity contribution in [1.82, 2.24) is 5.32 Å². The molecule has 2 rings (SSSR count). The average molecular weight is 359 g/mol. The summed E-state index contributed by atoms with van der Waals surface area (Å²) in [6.07, 6.45) is 1.02. The first-order valence-electron chi connectivity index (χ1n) is 8.15. The molecule has 2 aromatic rings. The number of rotatable bonds is 9. The van der Waals surface area contributed by atoms with Gasteiger partial charge in [-0.2, -0.15) is 0 Å². The molecule has 0 amide bonds. The van der Waals surface area contributed by atoms with Crippen LogP contribution in [0, 0.1) is 0 Å². The van der Waals surface area contributed by atoms with Gasteiger partial charge in [-0.05, 0) is 42.0 Å².